The van der Waals surface area contributed by atoms with Gasteiger partial charge in [-0.3, -0.25) is 4.99 Å². The Labute approximate surface area is 168 Å². The molecule has 0 saturated carbocycles. The van der Waals surface area contributed by atoms with E-state index in [1.54, 1.807) is 11.9 Å². The van der Waals surface area contributed by atoms with Gasteiger partial charge < -0.3 is 25.6 Å². The second kappa shape index (κ2) is 10.3. The average Bonchev–Trinajstić information content (AvgIpc) is 2.71. The number of benzene rings is 1. The molecule has 1 atom stereocenters. The topological polar surface area (TPSA) is 78.0 Å². The zero-order chi connectivity index (χ0) is 20.6. The molecule has 28 heavy (non-hydrogen) atoms. The van der Waals surface area contributed by atoms with E-state index in [2.05, 4.69) is 66.0 Å². The van der Waals surface area contributed by atoms with Crippen molar-refractivity contribution in [3.63, 3.8) is 0 Å². The largest absolute Gasteiger partial charge is 0.453 e. The van der Waals surface area contributed by atoms with Gasteiger partial charge in [-0.1, -0.05) is 30.3 Å². The van der Waals surface area contributed by atoms with Crippen LogP contribution in [0.25, 0.3) is 0 Å². The minimum Gasteiger partial charge on any atom is -0.453 e. The highest BCUT2D eigenvalue weighted by Gasteiger charge is 2.25. The highest BCUT2D eigenvalue weighted by molar-refractivity contribution is 5.80. The fraction of sp³-hybridized carbons (Fsp3) is 0.619. The van der Waals surface area contributed by atoms with Crippen molar-refractivity contribution in [2.45, 2.75) is 51.2 Å². The summed E-state index contributed by atoms with van der Waals surface area (Å²) in [5.41, 5.74) is 1.16. The van der Waals surface area contributed by atoms with Crippen molar-refractivity contribution in [2.75, 3.05) is 33.8 Å². The van der Waals surface area contributed by atoms with Crippen LogP contribution in [-0.4, -0.2) is 62.3 Å². The standard InChI is InChI=1S/C21H35N5O2/c1-16(17-9-7-6-8-10-17)25-21(2,3)15-23-19(22-4)24-18-11-13-26(14-12-18)20(27)28-5/h6-10,16,18,25H,11-15H2,1-5H3,(H2,22,23,24). The summed E-state index contributed by atoms with van der Waals surface area (Å²) >= 11 is 0. The molecule has 7 nitrogen and oxygen atoms in total. The first-order valence-electron chi connectivity index (χ1n) is 9.97. The predicted octanol–water partition coefficient (Wildman–Crippen LogP) is 2.51. The first-order chi connectivity index (χ1) is 13.3. The SMILES string of the molecule is CN=C(NCC(C)(C)NC(C)c1ccccc1)NC1CCN(C(=O)OC)CC1. The summed E-state index contributed by atoms with van der Waals surface area (Å²) in [4.78, 5) is 17.7. The predicted molar refractivity (Wildman–Crippen MR) is 114 cm³/mol. The number of piperidine rings is 1. The van der Waals surface area contributed by atoms with Crippen molar-refractivity contribution in [3.8, 4) is 0 Å². The first-order valence-corrected chi connectivity index (χ1v) is 9.97. The first kappa shape index (κ1) is 22.0. The summed E-state index contributed by atoms with van der Waals surface area (Å²) < 4.78 is 4.79. The van der Waals surface area contributed by atoms with Gasteiger partial charge in [-0.25, -0.2) is 4.79 Å². The molecule has 3 N–H and O–H groups in total. The van der Waals surface area contributed by atoms with Gasteiger partial charge in [-0.05, 0) is 39.2 Å². The lowest BCUT2D eigenvalue weighted by molar-refractivity contribution is 0.111. The summed E-state index contributed by atoms with van der Waals surface area (Å²) in [6, 6.07) is 11.0. The summed E-state index contributed by atoms with van der Waals surface area (Å²) in [6.45, 7) is 8.68. The molecular formula is C21H35N5O2. The molecule has 1 fully saturated rings. The summed E-state index contributed by atoms with van der Waals surface area (Å²) in [6.07, 6.45) is 1.51. The molecule has 0 aliphatic carbocycles. The molecule has 7 heteroatoms. The number of methoxy groups -OCH3 is 1. The van der Waals surface area contributed by atoms with Gasteiger partial charge in [0.15, 0.2) is 5.96 Å². The number of guanidine groups is 1. The van der Waals surface area contributed by atoms with Crippen LogP contribution in [0.1, 0.15) is 45.2 Å². The van der Waals surface area contributed by atoms with E-state index in [1.165, 1.54) is 12.7 Å². The van der Waals surface area contributed by atoms with Crippen molar-refractivity contribution >= 4 is 12.1 Å². The van der Waals surface area contributed by atoms with Gasteiger partial charge in [0, 0.05) is 44.3 Å². The molecular weight excluding hydrogens is 354 g/mol. The van der Waals surface area contributed by atoms with E-state index in [0.717, 1.165) is 25.3 Å². The fourth-order valence-corrected chi connectivity index (χ4v) is 3.49. The number of carbonyl (C=O) groups is 1. The number of amides is 1. The van der Waals surface area contributed by atoms with E-state index in [4.69, 9.17) is 4.74 Å². The quantitative estimate of drug-likeness (QED) is 0.515. The molecule has 0 spiro atoms. The maximum Gasteiger partial charge on any atom is 0.409 e. The van der Waals surface area contributed by atoms with Gasteiger partial charge in [0.2, 0.25) is 0 Å². The maximum absolute atomic E-state index is 11.6. The molecule has 0 bridgehead atoms. The van der Waals surface area contributed by atoms with Crippen molar-refractivity contribution in [3.05, 3.63) is 35.9 Å². The smallest absolute Gasteiger partial charge is 0.409 e. The van der Waals surface area contributed by atoms with E-state index in [-0.39, 0.29) is 17.7 Å². The second-order valence-electron chi connectivity index (χ2n) is 7.96. The van der Waals surface area contributed by atoms with Crippen molar-refractivity contribution in [1.82, 2.24) is 20.9 Å². The van der Waals surface area contributed by atoms with E-state index < -0.39 is 0 Å². The minimum absolute atomic E-state index is 0.110. The van der Waals surface area contributed by atoms with Crippen molar-refractivity contribution in [1.29, 1.82) is 0 Å². The van der Waals surface area contributed by atoms with Gasteiger partial charge in [-0.15, -0.1) is 0 Å². The third-order valence-corrected chi connectivity index (χ3v) is 5.10. The third kappa shape index (κ3) is 6.71. The highest BCUT2D eigenvalue weighted by Crippen LogP contribution is 2.16. The van der Waals surface area contributed by atoms with E-state index in [0.29, 0.717) is 19.1 Å². The maximum atomic E-state index is 11.6. The Morgan fingerprint density at radius 2 is 1.93 bits per heavy atom. The van der Waals surface area contributed by atoms with E-state index in [9.17, 15) is 4.79 Å². The second-order valence-corrected chi connectivity index (χ2v) is 7.96. The van der Waals surface area contributed by atoms with Gasteiger partial charge >= 0.3 is 6.09 Å². The number of carbonyl (C=O) groups excluding carboxylic acids is 1. The van der Waals surface area contributed by atoms with Crippen LogP contribution in [0.4, 0.5) is 4.79 Å². The molecule has 1 amide bonds. The van der Waals surface area contributed by atoms with Crippen LogP contribution in [0.15, 0.2) is 35.3 Å². The normalized spacial score (nSPS) is 17.2. The number of hydrogen-bond acceptors (Lipinski definition) is 4. The lowest BCUT2D eigenvalue weighted by Crippen LogP contribution is -2.54. The summed E-state index contributed by atoms with van der Waals surface area (Å²) in [7, 11) is 3.21. The Morgan fingerprint density at radius 1 is 1.29 bits per heavy atom. The number of nitrogens with one attached hydrogen (secondary N) is 3. The molecule has 0 radical (unpaired) electrons. The Balaban J connectivity index is 1.79. The number of rotatable bonds is 6. The lowest BCUT2D eigenvalue weighted by Gasteiger charge is -2.34. The van der Waals surface area contributed by atoms with E-state index in [1.807, 2.05) is 6.07 Å². The van der Waals surface area contributed by atoms with Crippen molar-refractivity contribution in [2.24, 2.45) is 4.99 Å². The monoisotopic (exact) mass is 389 g/mol. The third-order valence-electron chi connectivity index (χ3n) is 5.10. The number of ether oxygens (including phenoxy) is 1. The number of likely N-dealkylation sites (tertiary alicyclic amines) is 1. The molecule has 1 aliphatic heterocycles. The van der Waals surface area contributed by atoms with Crippen LogP contribution in [0, 0.1) is 0 Å². The van der Waals surface area contributed by atoms with Crippen LogP contribution in [0.3, 0.4) is 0 Å². The number of nitrogens with zero attached hydrogens (tertiary/aromatic N) is 2. The van der Waals surface area contributed by atoms with Gasteiger partial charge in [0.1, 0.15) is 0 Å². The molecule has 1 unspecified atom stereocenters. The van der Waals surface area contributed by atoms with Gasteiger partial charge in [-0.2, -0.15) is 0 Å². The zero-order valence-electron chi connectivity index (χ0n) is 17.8. The zero-order valence-corrected chi connectivity index (χ0v) is 17.8. The van der Waals surface area contributed by atoms with Crippen molar-refractivity contribution < 1.29 is 9.53 Å². The van der Waals surface area contributed by atoms with Crippen LogP contribution in [0.2, 0.25) is 0 Å². The lowest BCUT2D eigenvalue weighted by atomic mass is 10.0. The Kier molecular flexibility index (Phi) is 8.11. The van der Waals surface area contributed by atoms with Crippen LogP contribution < -0.4 is 16.0 Å². The number of hydrogen-bond donors (Lipinski definition) is 3. The molecule has 1 aromatic rings. The molecule has 1 aromatic carbocycles. The fourth-order valence-electron chi connectivity index (χ4n) is 3.49. The Bertz CT molecular complexity index is 639. The summed E-state index contributed by atoms with van der Waals surface area (Å²) in [5, 5.41) is 10.6. The molecule has 156 valence electrons. The van der Waals surface area contributed by atoms with Gasteiger partial charge in [0.25, 0.3) is 0 Å². The molecule has 1 heterocycles. The molecule has 1 aliphatic rings. The molecule has 1 saturated heterocycles. The van der Waals surface area contributed by atoms with Gasteiger partial charge in [0.05, 0.1) is 7.11 Å². The van der Waals surface area contributed by atoms with E-state index >= 15 is 0 Å². The highest BCUT2D eigenvalue weighted by atomic mass is 16.5. The Morgan fingerprint density at radius 3 is 2.50 bits per heavy atom. The number of aliphatic imine (C=N–C) groups is 1. The average molecular weight is 390 g/mol. The summed E-state index contributed by atoms with van der Waals surface area (Å²) in [5.74, 6) is 0.791. The van der Waals surface area contributed by atoms with Crippen LogP contribution in [-0.2, 0) is 4.74 Å². The van der Waals surface area contributed by atoms with Crippen LogP contribution >= 0.6 is 0 Å². The molecule has 2 rings (SSSR count). The van der Waals surface area contributed by atoms with Crippen LogP contribution in [0.5, 0.6) is 0 Å². The minimum atomic E-state index is -0.249. The Hall–Kier alpha value is -2.28. The molecule has 0 aromatic heterocycles.